The predicted octanol–water partition coefficient (Wildman–Crippen LogP) is 4.69. The molecule has 0 spiro atoms. The van der Waals surface area contributed by atoms with Gasteiger partial charge < -0.3 is 10.1 Å². The van der Waals surface area contributed by atoms with Gasteiger partial charge in [-0.3, -0.25) is 9.69 Å². The molecule has 1 unspecified atom stereocenters. The molecule has 1 aliphatic rings. The summed E-state index contributed by atoms with van der Waals surface area (Å²) < 4.78 is 5.63. The van der Waals surface area contributed by atoms with Crippen LogP contribution in [0.3, 0.4) is 0 Å². The molecule has 27 heavy (non-hydrogen) atoms. The summed E-state index contributed by atoms with van der Waals surface area (Å²) in [4.78, 5) is 15.0. The molecule has 2 aromatic carbocycles. The number of nitrogens with zero attached hydrogens (tertiary/aromatic N) is 1. The minimum absolute atomic E-state index is 0.0812. The van der Waals surface area contributed by atoms with Gasteiger partial charge in [-0.25, -0.2) is 0 Å². The molecule has 2 aromatic rings. The number of benzene rings is 2. The van der Waals surface area contributed by atoms with Crippen molar-refractivity contribution in [1.82, 2.24) is 10.2 Å². The normalized spacial score (nSPS) is 15.7. The first-order valence-electron chi connectivity index (χ1n) is 9.58. The van der Waals surface area contributed by atoms with Gasteiger partial charge in [0.25, 0.3) is 5.91 Å². The first kappa shape index (κ1) is 19.7. The number of ether oxygens (including phenoxy) is 1. The third-order valence-corrected chi connectivity index (χ3v) is 5.13. The maximum atomic E-state index is 12.6. The lowest BCUT2D eigenvalue weighted by atomic mass is 10.0. The van der Waals surface area contributed by atoms with Crippen molar-refractivity contribution in [1.29, 1.82) is 0 Å². The molecular formula is C22H27ClN2O2. The number of amides is 1. The molecule has 5 heteroatoms. The van der Waals surface area contributed by atoms with E-state index in [2.05, 4.69) is 16.3 Å². The van der Waals surface area contributed by atoms with E-state index in [1.54, 1.807) is 12.1 Å². The van der Waals surface area contributed by atoms with Gasteiger partial charge in [-0.15, -0.1) is 0 Å². The fraction of sp³-hybridized carbons (Fsp3) is 0.409. The highest BCUT2D eigenvalue weighted by Gasteiger charge is 2.25. The van der Waals surface area contributed by atoms with E-state index in [0.29, 0.717) is 12.1 Å². The van der Waals surface area contributed by atoms with E-state index >= 15 is 0 Å². The van der Waals surface area contributed by atoms with Crippen LogP contribution in [0.15, 0.2) is 48.5 Å². The lowest BCUT2D eigenvalue weighted by Crippen LogP contribution is -2.37. The number of rotatable bonds is 7. The molecule has 144 valence electrons. The standard InChI is InChI=1S/C22H27ClN2O2/c1-16(2)27-18-11-9-17(10-12-18)22(26)24-15-21(25-13-5-6-14-25)19-7-3-4-8-20(19)23/h3-4,7-12,16,21H,5-6,13-15H2,1-2H3,(H,24,26). The topological polar surface area (TPSA) is 41.6 Å². The Morgan fingerprint density at radius 1 is 1.11 bits per heavy atom. The van der Waals surface area contributed by atoms with Crippen molar-refractivity contribution in [2.75, 3.05) is 19.6 Å². The highest BCUT2D eigenvalue weighted by molar-refractivity contribution is 6.31. The van der Waals surface area contributed by atoms with Crippen molar-refractivity contribution in [2.24, 2.45) is 0 Å². The molecule has 1 atom stereocenters. The quantitative estimate of drug-likeness (QED) is 0.750. The van der Waals surface area contributed by atoms with Crippen LogP contribution in [0.2, 0.25) is 5.02 Å². The number of hydrogen-bond acceptors (Lipinski definition) is 3. The first-order valence-corrected chi connectivity index (χ1v) is 9.96. The molecule has 1 N–H and O–H groups in total. The van der Waals surface area contributed by atoms with Crippen LogP contribution < -0.4 is 10.1 Å². The summed E-state index contributed by atoms with van der Waals surface area (Å²) in [5.41, 5.74) is 1.70. The van der Waals surface area contributed by atoms with Gasteiger partial charge in [0.15, 0.2) is 0 Å². The monoisotopic (exact) mass is 386 g/mol. The average molecular weight is 387 g/mol. The smallest absolute Gasteiger partial charge is 0.251 e. The average Bonchev–Trinajstić information content (AvgIpc) is 3.18. The highest BCUT2D eigenvalue weighted by atomic mass is 35.5. The zero-order chi connectivity index (χ0) is 19.2. The molecule has 1 saturated heterocycles. The molecule has 0 radical (unpaired) electrons. The van der Waals surface area contributed by atoms with E-state index in [-0.39, 0.29) is 18.1 Å². The number of likely N-dealkylation sites (tertiary alicyclic amines) is 1. The molecule has 1 heterocycles. The van der Waals surface area contributed by atoms with E-state index < -0.39 is 0 Å². The second kappa shape index (κ2) is 9.25. The molecule has 0 aliphatic carbocycles. The summed E-state index contributed by atoms with van der Waals surface area (Å²) in [7, 11) is 0. The summed E-state index contributed by atoms with van der Waals surface area (Å²) >= 11 is 6.44. The van der Waals surface area contributed by atoms with Crippen LogP contribution in [0.4, 0.5) is 0 Å². The van der Waals surface area contributed by atoms with Crippen LogP contribution in [0.5, 0.6) is 5.75 Å². The van der Waals surface area contributed by atoms with Crippen LogP contribution in [0.1, 0.15) is 48.7 Å². The molecule has 1 aliphatic heterocycles. The number of halogens is 1. The Labute approximate surface area is 166 Å². The first-order chi connectivity index (χ1) is 13.0. The van der Waals surface area contributed by atoms with Crippen LogP contribution in [0.25, 0.3) is 0 Å². The SMILES string of the molecule is CC(C)Oc1ccc(C(=O)NCC(c2ccccc2Cl)N2CCCC2)cc1. The van der Waals surface area contributed by atoms with Crippen molar-refractivity contribution in [2.45, 2.75) is 38.8 Å². The van der Waals surface area contributed by atoms with E-state index in [4.69, 9.17) is 16.3 Å². The Morgan fingerprint density at radius 3 is 2.41 bits per heavy atom. The lowest BCUT2D eigenvalue weighted by molar-refractivity contribution is 0.0938. The molecular weight excluding hydrogens is 360 g/mol. The Balaban J connectivity index is 1.68. The number of nitrogens with one attached hydrogen (secondary N) is 1. The summed E-state index contributed by atoms with van der Waals surface area (Å²) in [5, 5.41) is 3.83. The summed E-state index contributed by atoms with van der Waals surface area (Å²) in [5.74, 6) is 0.690. The van der Waals surface area contributed by atoms with Gasteiger partial charge in [0, 0.05) is 17.1 Å². The fourth-order valence-electron chi connectivity index (χ4n) is 3.48. The second-order valence-electron chi connectivity index (χ2n) is 7.18. The summed E-state index contributed by atoms with van der Waals surface area (Å²) in [6.07, 6.45) is 2.49. The summed E-state index contributed by atoms with van der Waals surface area (Å²) in [6, 6.07) is 15.3. The third kappa shape index (κ3) is 5.24. The maximum absolute atomic E-state index is 12.6. The van der Waals surface area contributed by atoms with Gasteiger partial charge in [-0.05, 0) is 75.7 Å². The van der Waals surface area contributed by atoms with Crippen molar-refractivity contribution < 1.29 is 9.53 Å². The lowest BCUT2D eigenvalue weighted by Gasteiger charge is -2.29. The van der Waals surface area contributed by atoms with E-state index in [1.165, 1.54) is 12.8 Å². The molecule has 1 amide bonds. The molecule has 1 fully saturated rings. The maximum Gasteiger partial charge on any atom is 0.251 e. The zero-order valence-corrected chi connectivity index (χ0v) is 16.7. The van der Waals surface area contributed by atoms with Gasteiger partial charge in [-0.1, -0.05) is 29.8 Å². The Bertz CT molecular complexity index is 755. The second-order valence-corrected chi connectivity index (χ2v) is 7.59. The molecule has 0 saturated carbocycles. The van der Waals surface area contributed by atoms with Crippen LogP contribution in [0, 0.1) is 0 Å². The number of hydrogen-bond donors (Lipinski definition) is 1. The molecule has 0 bridgehead atoms. The zero-order valence-electron chi connectivity index (χ0n) is 16.0. The van der Waals surface area contributed by atoms with Crippen LogP contribution in [-0.2, 0) is 0 Å². The Hall–Kier alpha value is -2.04. The summed E-state index contributed by atoms with van der Waals surface area (Å²) in [6.45, 7) is 6.56. The van der Waals surface area contributed by atoms with Gasteiger partial charge >= 0.3 is 0 Å². The fourth-order valence-corrected chi connectivity index (χ4v) is 3.74. The third-order valence-electron chi connectivity index (χ3n) is 4.79. The van der Waals surface area contributed by atoms with Gasteiger partial charge in [0.05, 0.1) is 12.1 Å². The number of carbonyl (C=O) groups excluding carboxylic acids is 1. The van der Waals surface area contributed by atoms with Crippen molar-refractivity contribution in [3.8, 4) is 5.75 Å². The van der Waals surface area contributed by atoms with Gasteiger partial charge in [0.2, 0.25) is 0 Å². The van der Waals surface area contributed by atoms with Crippen molar-refractivity contribution in [3.05, 3.63) is 64.7 Å². The molecule has 4 nitrogen and oxygen atoms in total. The Kier molecular flexibility index (Phi) is 6.75. The van der Waals surface area contributed by atoms with E-state index in [1.807, 2.05) is 44.2 Å². The predicted molar refractivity (Wildman–Crippen MR) is 110 cm³/mol. The largest absolute Gasteiger partial charge is 0.491 e. The van der Waals surface area contributed by atoms with Gasteiger partial charge in [-0.2, -0.15) is 0 Å². The van der Waals surface area contributed by atoms with E-state index in [9.17, 15) is 4.79 Å². The minimum Gasteiger partial charge on any atom is -0.491 e. The Morgan fingerprint density at radius 2 is 1.78 bits per heavy atom. The van der Waals surface area contributed by atoms with Crippen LogP contribution in [-0.4, -0.2) is 36.5 Å². The van der Waals surface area contributed by atoms with Crippen LogP contribution >= 0.6 is 11.6 Å². The molecule has 3 rings (SSSR count). The van der Waals surface area contributed by atoms with Crippen molar-refractivity contribution in [3.63, 3.8) is 0 Å². The van der Waals surface area contributed by atoms with Gasteiger partial charge in [0.1, 0.15) is 5.75 Å². The van der Waals surface area contributed by atoms with Crippen molar-refractivity contribution >= 4 is 17.5 Å². The van der Waals surface area contributed by atoms with E-state index in [0.717, 1.165) is 29.4 Å². The molecule has 0 aromatic heterocycles. The highest BCUT2D eigenvalue weighted by Crippen LogP contribution is 2.29. The minimum atomic E-state index is -0.0812. The number of carbonyl (C=O) groups is 1.